The second kappa shape index (κ2) is 16.7. The second-order valence-corrected chi connectivity index (χ2v) is 16.4. The van der Waals surface area contributed by atoms with E-state index in [1.807, 2.05) is 12.1 Å². The molecule has 0 unspecified atom stereocenters. The summed E-state index contributed by atoms with van der Waals surface area (Å²) in [4.78, 5) is 0. The molecule has 4 aromatic rings. The Morgan fingerprint density at radius 1 is 0.525 bits per heavy atom. The van der Waals surface area contributed by atoms with Crippen LogP contribution in [0.2, 0.25) is 0 Å². The van der Waals surface area contributed by atoms with Gasteiger partial charge >= 0.3 is 44.8 Å². The van der Waals surface area contributed by atoms with Gasteiger partial charge in [-0.25, -0.2) is 0 Å². The smallest absolute Gasteiger partial charge is 0.366 e. The van der Waals surface area contributed by atoms with Crippen LogP contribution in [0.4, 0.5) is 0 Å². The molecule has 0 heterocycles. The molecule has 0 spiro atoms. The van der Waals surface area contributed by atoms with Crippen LogP contribution in [0.5, 0.6) is 0 Å². The summed E-state index contributed by atoms with van der Waals surface area (Å²) in [6, 6.07) is 29.2. The van der Waals surface area contributed by atoms with Gasteiger partial charge in [0.25, 0.3) is 0 Å². The summed E-state index contributed by atoms with van der Waals surface area (Å²) >= 11 is 0. The van der Waals surface area contributed by atoms with Gasteiger partial charge in [0.05, 0.1) is 12.3 Å². The van der Waals surface area contributed by atoms with Crippen LogP contribution in [0, 0.1) is 24.7 Å². The Labute approximate surface area is 275 Å². The third-order valence-corrected chi connectivity index (χ3v) is 10.0. The first kappa shape index (κ1) is 34.5. The van der Waals surface area contributed by atoms with E-state index in [4.69, 9.17) is 12.8 Å². The van der Waals surface area contributed by atoms with Gasteiger partial charge in [0.15, 0.2) is 0 Å². The van der Waals surface area contributed by atoms with Crippen molar-refractivity contribution >= 4 is 15.8 Å². The van der Waals surface area contributed by atoms with E-state index in [1.165, 1.54) is 56.8 Å². The van der Waals surface area contributed by atoms with E-state index in [9.17, 15) is 0 Å². The summed E-state index contributed by atoms with van der Waals surface area (Å²) in [6.45, 7) is 9.59. The summed E-state index contributed by atoms with van der Waals surface area (Å²) in [5.74, 6) is 4.87. The summed E-state index contributed by atoms with van der Waals surface area (Å²) in [7, 11) is 0.191. The Morgan fingerprint density at radius 2 is 0.875 bits per heavy atom. The molecule has 0 nitrogen and oxygen atoms in total. The molecule has 6 rings (SSSR count). The van der Waals surface area contributed by atoms with Gasteiger partial charge in [-0.2, -0.15) is 0 Å². The fraction of sp³-hybridized carbons (Fsp3) is 0.222. The molecule has 0 amide bonds. The van der Waals surface area contributed by atoms with Crippen molar-refractivity contribution in [3.8, 4) is 34.1 Å². The van der Waals surface area contributed by atoms with Crippen molar-refractivity contribution in [2.24, 2.45) is 0 Å². The minimum atomic E-state index is 0. The van der Waals surface area contributed by atoms with Crippen LogP contribution in [0.15, 0.2) is 84.9 Å². The maximum Gasteiger partial charge on any atom is 1.00 e. The first-order valence-electron chi connectivity index (χ1n) is 13.3. The number of hydrogen-bond acceptors (Lipinski definition) is 0. The molecule has 0 bridgehead atoms. The molecular formula is C36H36Au2P2+2. The van der Waals surface area contributed by atoms with Crippen LogP contribution in [-0.2, 0) is 57.6 Å². The van der Waals surface area contributed by atoms with Crippen molar-refractivity contribution < 1.29 is 44.8 Å². The van der Waals surface area contributed by atoms with Crippen molar-refractivity contribution in [2.75, 3.05) is 39.0 Å². The van der Waals surface area contributed by atoms with Gasteiger partial charge in [-0.15, -0.1) is 35.4 Å². The normalized spacial score (nSPS) is 11.0. The monoisotopic (exact) mass is 924 g/mol. The first-order chi connectivity index (χ1) is 18.4. The van der Waals surface area contributed by atoms with Gasteiger partial charge in [0, 0.05) is 26.7 Å². The van der Waals surface area contributed by atoms with E-state index >= 15 is 0 Å². The predicted molar refractivity (Wildman–Crippen MR) is 172 cm³/mol. The van der Waals surface area contributed by atoms with Gasteiger partial charge in [-0.05, 0) is 62.1 Å². The van der Waals surface area contributed by atoms with E-state index in [-0.39, 0.29) is 60.6 Å². The summed E-state index contributed by atoms with van der Waals surface area (Å²) < 4.78 is 0. The molecular weight excluding hydrogens is 888 g/mol. The number of fused-ring (bicyclic) bond motifs is 6. The maximum absolute atomic E-state index is 7.12. The van der Waals surface area contributed by atoms with Crippen LogP contribution in [0.3, 0.4) is 0 Å². The minimum Gasteiger partial charge on any atom is -0.366 e. The maximum atomic E-state index is 7.12. The van der Waals surface area contributed by atoms with Crippen molar-refractivity contribution in [2.45, 2.75) is 12.8 Å². The average molecular weight is 925 g/mol. The van der Waals surface area contributed by atoms with Gasteiger partial charge in [-0.1, -0.05) is 71.8 Å². The molecule has 0 saturated heterocycles. The third-order valence-electron chi connectivity index (χ3n) is 7.00. The summed E-state index contributed by atoms with van der Waals surface area (Å²) in [5.41, 5.74) is 12.4. The average Bonchev–Trinajstić information content (AvgIpc) is 3.49. The Morgan fingerprint density at radius 3 is 1.23 bits per heavy atom. The van der Waals surface area contributed by atoms with Gasteiger partial charge in [0.1, 0.15) is 0 Å². The predicted octanol–water partition coefficient (Wildman–Crippen LogP) is 8.32. The fourth-order valence-corrected chi connectivity index (χ4v) is 8.95. The molecule has 2 aliphatic rings. The van der Waals surface area contributed by atoms with Crippen LogP contribution >= 0.6 is 15.8 Å². The summed E-state index contributed by atoms with van der Waals surface area (Å²) in [5, 5.41) is 0. The van der Waals surface area contributed by atoms with Gasteiger partial charge in [-0.3, -0.25) is 11.8 Å². The zero-order chi connectivity index (χ0) is 27.1. The molecule has 4 heteroatoms. The van der Waals surface area contributed by atoms with E-state index in [0.29, 0.717) is 0 Å². The molecule has 0 aromatic heterocycles. The van der Waals surface area contributed by atoms with Crippen LogP contribution in [0.25, 0.3) is 22.3 Å². The second-order valence-electron chi connectivity index (χ2n) is 10.6. The Balaban J connectivity index is 0.000000216. The first-order valence-corrected chi connectivity index (χ1v) is 18.7. The van der Waals surface area contributed by atoms with E-state index in [0.717, 1.165) is 24.0 Å². The standard InChI is InChI=1S/2C15H9.C6H16P2.2Au/c2*1-2-11-7-8-15-13(9-11)10-12-5-3-4-6-14(12)15;1-7(2)5-6-8(3)4;;/h2*3-9H,10H2;5-6H2,1-4H3;;/q2*-1;;2*+1/p+2. The molecule has 0 atom stereocenters. The van der Waals surface area contributed by atoms with Crippen molar-refractivity contribution in [1.29, 1.82) is 0 Å². The molecule has 0 radical (unpaired) electrons. The quantitative estimate of drug-likeness (QED) is 0.0726. The Kier molecular flexibility index (Phi) is 14.4. The van der Waals surface area contributed by atoms with Crippen molar-refractivity contribution in [1.82, 2.24) is 0 Å². The topological polar surface area (TPSA) is 0 Å². The van der Waals surface area contributed by atoms with Crippen LogP contribution in [-0.4, -0.2) is 39.0 Å². The number of benzene rings is 4. The van der Waals surface area contributed by atoms with E-state index < -0.39 is 0 Å². The third kappa shape index (κ3) is 8.92. The zero-order valence-corrected chi connectivity index (χ0v) is 29.8. The van der Waals surface area contributed by atoms with Gasteiger partial charge in [0.2, 0.25) is 0 Å². The molecule has 4 aromatic carbocycles. The zero-order valence-electron chi connectivity index (χ0n) is 23.5. The molecule has 0 aliphatic heterocycles. The molecule has 2 aliphatic carbocycles. The number of rotatable bonds is 3. The van der Waals surface area contributed by atoms with E-state index in [1.54, 1.807) is 0 Å². The van der Waals surface area contributed by atoms with Crippen LogP contribution < -0.4 is 0 Å². The SMILES string of the molecule is C[PH+](C)CC[PH+](C)C.[Au+].[Au+].[C-]#Cc1ccc2c(c1)Cc1ccccc1-2.[C-]#Cc1ccc2c(c1)Cc1ccccc1-2. The molecule has 210 valence electrons. The fourth-order valence-electron chi connectivity index (χ4n) is 4.95. The summed E-state index contributed by atoms with van der Waals surface area (Å²) in [6.07, 6.45) is 19.3. The van der Waals surface area contributed by atoms with Crippen LogP contribution in [0.1, 0.15) is 33.4 Å². The van der Waals surface area contributed by atoms with Crippen molar-refractivity contribution in [3.05, 3.63) is 131 Å². The molecule has 0 N–H and O–H groups in total. The van der Waals surface area contributed by atoms with E-state index in [2.05, 4.69) is 111 Å². The largest absolute Gasteiger partial charge is 1.00 e. The molecule has 40 heavy (non-hydrogen) atoms. The van der Waals surface area contributed by atoms with Gasteiger partial charge < -0.3 is 12.8 Å². The van der Waals surface area contributed by atoms with Crippen molar-refractivity contribution in [3.63, 3.8) is 0 Å². The minimum absolute atomic E-state index is 0. The Hall–Kier alpha value is -1.66. The number of hydrogen-bond donors (Lipinski definition) is 0. The molecule has 0 saturated carbocycles. The molecule has 0 fully saturated rings. The Bertz CT molecular complexity index is 1390.